The molecule has 7 heteroatoms. The molecule has 2 aliphatic heterocycles. The number of pyridine rings is 1. The number of aromatic amines is 1. The van der Waals surface area contributed by atoms with Crippen molar-refractivity contribution in [2.75, 3.05) is 26.2 Å². The maximum absolute atomic E-state index is 12.8. The first-order valence-electron chi connectivity index (χ1n) is 13.1. The SMILES string of the molecule is Cc1cc(-c2[nH]c3ccc(C4CCN(C(=O)CN5CC[C@H](N)C5=O)CC4)cc3c2C(C)C)cc(C)n1. The van der Waals surface area contributed by atoms with Gasteiger partial charge in [-0.1, -0.05) is 19.9 Å². The van der Waals surface area contributed by atoms with Crippen LogP contribution in [0, 0.1) is 13.8 Å². The Morgan fingerprint density at radius 1 is 1.08 bits per heavy atom. The summed E-state index contributed by atoms with van der Waals surface area (Å²) in [7, 11) is 0. The summed E-state index contributed by atoms with van der Waals surface area (Å²) in [6, 6.07) is 10.7. The summed E-state index contributed by atoms with van der Waals surface area (Å²) in [6.45, 7) is 10.8. The summed E-state index contributed by atoms with van der Waals surface area (Å²) in [5.74, 6) is 0.727. The van der Waals surface area contributed by atoms with Crippen molar-refractivity contribution in [1.82, 2.24) is 19.8 Å². The number of nitrogens with zero attached hydrogens (tertiary/aromatic N) is 3. The van der Waals surface area contributed by atoms with Gasteiger partial charge in [0.25, 0.3) is 0 Å². The Morgan fingerprint density at radius 2 is 1.78 bits per heavy atom. The highest BCUT2D eigenvalue weighted by molar-refractivity contribution is 5.92. The number of aromatic nitrogens is 2. The maximum atomic E-state index is 12.8. The van der Waals surface area contributed by atoms with Gasteiger partial charge in [-0.3, -0.25) is 14.6 Å². The van der Waals surface area contributed by atoms with Crippen molar-refractivity contribution in [3.05, 3.63) is 52.8 Å². The molecule has 2 saturated heterocycles. The lowest BCUT2D eigenvalue weighted by Gasteiger charge is -2.33. The predicted octanol–water partition coefficient (Wildman–Crippen LogP) is 4.24. The molecule has 2 aromatic heterocycles. The van der Waals surface area contributed by atoms with Crippen LogP contribution in [-0.2, 0) is 9.59 Å². The summed E-state index contributed by atoms with van der Waals surface area (Å²) in [5, 5.41) is 1.28. The number of hydrogen-bond acceptors (Lipinski definition) is 4. The number of aryl methyl sites for hydroxylation is 2. The average Bonchev–Trinajstić information content (AvgIpc) is 3.38. The van der Waals surface area contributed by atoms with E-state index >= 15 is 0 Å². The smallest absolute Gasteiger partial charge is 0.242 e. The van der Waals surface area contributed by atoms with E-state index in [2.05, 4.69) is 54.1 Å². The number of benzene rings is 1. The largest absolute Gasteiger partial charge is 0.354 e. The van der Waals surface area contributed by atoms with Gasteiger partial charge in [-0.25, -0.2) is 0 Å². The Kier molecular flexibility index (Phi) is 6.60. The van der Waals surface area contributed by atoms with Crippen LogP contribution in [0.15, 0.2) is 30.3 Å². The number of piperidine rings is 1. The fourth-order valence-electron chi connectivity index (χ4n) is 5.94. The summed E-state index contributed by atoms with van der Waals surface area (Å²) in [4.78, 5) is 36.7. The Morgan fingerprint density at radius 3 is 2.39 bits per heavy atom. The standard InChI is InChI=1S/C29H37N5O2/c1-17(2)27-23-15-21(5-6-25(23)32-28(27)22-13-18(3)31-19(4)14-22)20-7-10-33(11-8-20)26(35)16-34-12-9-24(30)29(34)36/h5-6,13-15,17,20,24,32H,7-12,16,30H2,1-4H3/t24-/m0/s1. The van der Waals surface area contributed by atoms with Crippen LogP contribution >= 0.6 is 0 Å². The molecule has 190 valence electrons. The van der Waals surface area contributed by atoms with Crippen molar-refractivity contribution < 1.29 is 9.59 Å². The summed E-state index contributed by atoms with van der Waals surface area (Å²) < 4.78 is 0. The van der Waals surface area contributed by atoms with E-state index in [1.54, 1.807) is 4.90 Å². The zero-order valence-corrected chi connectivity index (χ0v) is 21.8. The van der Waals surface area contributed by atoms with Crippen molar-refractivity contribution in [3.8, 4) is 11.3 Å². The molecule has 4 heterocycles. The van der Waals surface area contributed by atoms with Crippen molar-refractivity contribution in [3.63, 3.8) is 0 Å². The molecule has 5 rings (SSSR count). The third kappa shape index (κ3) is 4.64. The molecular weight excluding hydrogens is 450 g/mol. The molecule has 3 aromatic rings. The predicted molar refractivity (Wildman–Crippen MR) is 143 cm³/mol. The lowest BCUT2D eigenvalue weighted by atomic mass is 9.87. The molecule has 7 nitrogen and oxygen atoms in total. The number of rotatable bonds is 5. The van der Waals surface area contributed by atoms with Gasteiger partial charge in [0.1, 0.15) is 0 Å². The number of amides is 2. The zero-order chi connectivity index (χ0) is 25.6. The van der Waals surface area contributed by atoms with Gasteiger partial charge in [0.15, 0.2) is 0 Å². The van der Waals surface area contributed by atoms with Crippen LogP contribution in [0.5, 0.6) is 0 Å². The normalized spacial score (nSPS) is 19.2. The highest BCUT2D eigenvalue weighted by atomic mass is 16.2. The van der Waals surface area contributed by atoms with E-state index in [-0.39, 0.29) is 18.4 Å². The second-order valence-electron chi connectivity index (χ2n) is 10.8. The van der Waals surface area contributed by atoms with Crippen LogP contribution in [0.2, 0.25) is 0 Å². The van der Waals surface area contributed by atoms with Gasteiger partial charge in [-0.2, -0.15) is 0 Å². The number of H-pyrrole nitrogens is 1. The number of hydrogen-bond donors (Lipinski definition) is 2. The lowest BCUT2D eigenvalue weighted by Crippen LogP contribution is -2.45. The second-order valence-corrected chi connectivity index (χ2v) is 10.8. The number of nitrogens with two attached hydrogens (primary N) is 1. The first-order chi connectivity index (χ1) is 17.2. The Balaban J connectivity index is 1.34. The number of carbonyl (C=O) groups excluding carboxylic acids is 2. The first-order valence-corrected chi connectivity index (χ1v) is 13.1. The van der Waals surface area contributed by atoms with E-state index < -0.39 is 6.04 Å². The van der Waals surface area contributed by atoms with E-state index in [0.29, 0.717) is 24.8 Å². The van der Waals surface area contributed by atoms with Gasteiger partial charge < -0.3 is 20.5 Å². The van der Waals surface area contributed by atoms with E-state index in [9.17, 15) is 9.59 Å². The minimum atomic E-state index is -0.449. The van der Waals surface area contributed by atoms with Crippen molar-refractivity contribution in [1.29, 1.82) is 0 Å². The van der Waals surface area contributed by atoms with E-state index in [1.807, 2.05) is 18.7 Å². The van der Waals surface area contributed by atoms with Crippen LogP contribution < -0.4 is 5.73 Å². The Hall–Kier alpha value is -3.19. The van der Waals surface area contributed by atoms with Crippen molar-refractivity contribution >= 4 is 22.7 Å². The highest BCUT2D eigenvalue weighted by Gasteiger charge is 2.32. The van der Waals surface area contributed by atoms with Gasteiger partial charge in [-0.05, 0) is 80.3 Å². The van der Waals surface area contributed by atoms with Gasteiger partial charge in [-0.15, -0.1) is 0 Å². The van der Waals surface area contributed by atoms with E-state index in [1.165, 1.54) is 27.8 Å². The van der Waals surface area contributed by atoms with Crippen molar-refractivity contribution in [2.24, 2.45) is 5.73 Å². The second kappa shape index (κ2) is 9.69. The molecule has 0 saturated carbocycles. The number of nitrogens with one attached hydrogen (secondary N) is 1. The molecule has 2 aliphatic rings. The summed E-state index contributed by atoms with van der Waals surface area (Å²) >= 11 is 0. The molecule has 0 bridgehead atoms. The zero-order valence-electron chi connectivity index (χ0n) is 21.8. The summed E-state index contributed by atoms with van der Waals surface area (Å²) in [6.07, 6.45) is 2.50. The molecular formula is C29H37N5O2. The molecule has 1 aromatic carbocycles. The molecule has 2 amide bonds. The number of likely N-dealkylation sites (tertiary alicyclic amines) is 2. The quantitative estimate of drug-likeness (QED) is 0.563. The lowest BCUT2D eigenvalue weighted by molar-refractivity contribution is -0.139. The van der Waals surface area contributed by atoms with Gasteiger partial charge in [0, 0.05) is 47.5 Å². The fourth-order valence-corrected chi connectivity index (χ4v) is 5.94. The fraction of sp³-hybridized carbons (Fsp3) is 0.483. The van der Waals surface area contributed by atoms with Crippen LogP contribution in [0.4, 0.5) is 0 Å². The highest BCUT2D eigenvalue weighted by Crippen LogP contribution is 2.38. The molecule has 3 N–H and O–H groups in total. The molecule has 36 heavy (non-hydrogen) atoms. The molecule has 0 aliphatic carbocycles. The molecule has 0 unspecified atom stereocenters. The third-order valence-electron chi connectivity index (χ3n) is 7.79. The van der Waals surface area contributed by atoms with Crippen LogP contribution in [0.1, 0.15) is 67.5 Å². The number of fused-ring (bicyclic) bond motifs is 1. The number of carbonyl (C=O) groups is 2. The minimum absolute atomic E-state index is 0.0339. The van der Waals surface area contributed by atoms with Gasteiger partial charge in [0.05, 0.1) is 18.3 Å². The monoisotopic (exact) mass is 487 g/mol. The minimum Gasteiger partial charge on any atom is -0.354 e. The molecule has 0 spiro atoms. The van der Waals surface area contributed by atoms with E-state index in [0.717, 1.165) is 42.8 Å². The van der Waals surface area contributed by atoms with Gasteiger partial charge in [0.2, 0.25) is 11.8 Å². The third-order valence-corrected chi connectivity index (χ3v) is 7.79. The maximum Gasteiger partial charge on any atom is 0.242 e. The van der Waals surface area contributed by atoms with E-state index in [4.69, 9.17) is 5.73 Å². The first kappa shape index (κ1) is 24.5. The van der Waals surface area contributed by atoms with Crippen LogP contribution in [-0.4, -0.2) is 63.8 Å². The van der Waals surface area contributed by atoms with Crippen LogP contribution in [0.25, 0.3) is 22.2 Å². The molecule has 2 fully saturated rings. The van der Waals surface area contributed by atoms with Crippen molar-refractivity contribution in [2.45, 2.75) is 64.8 Å². The van der Waals surface area contributed by atoms with Crippen LogP contribution in [0.3, 0.4) is 0 Å². The average molecular weight is 488 g/mol. The topological polar surface area (TPSA) is 95.3 Å². The summed E-state index contributed by atoms with van der Waals surface area (Å²) in [5.41, 5.74) is 14.1. The molecule has 0 radical (unpaired) electrons. The van der Waals surface area contributed by atoms with Gasteiger partial charge >= 0.3 is 0 Å². The molecule has 1 atom stereocenters. The Labute approximate surface area is 213 Å². The Bertz CT molecular complexity index is 1280.